The van der Waals surface area contributed by atoms with Crippen molar-refractivity contribution in [3.05, 3.63) is 53.1 Å². The molecule has 2 aliphatic carbocycles. The highest BCUT2D eigenvalue weighted by Crippen LogP contribution is 2.57. The summed E-state index contributed by atoms with van der Waals surface area (Å²) in [6, 6.07) is 7.61. The van der Waals surface area contributed by atoms with Gasteiger partial charge in [-0.05, 0) is 32.9 Å². The van der Waals surface area contributed by atoms with Crippen LogP contribution in [-0.2, 0) is 9.59 Å². The molecule has 1 aromatic carbocycles. The largest absolute Gasteiger partial charge is 0.274 e. The van der Waals surface area contributed by atoms with E-state index in [0.717, 1.165) is 5.56 Å². The number of carbonyl (C=O) groups excluding carboxylic acids is 2. The number of hydrogen-bond donors (Lipinski definition) is 0. The van der Waals surface area contributed by atoms with Crippen molar-refractivity contribution in [1.29, 1.82) is 0 Å². The highest BCUT2D eigenvalue weighted by molar-refractivity contribution is 6.23. The molecule has 2 amide bonds. The Labute approximate surface area is 130 Å². The lowest BCUT2D eigenvalue weighted by atomic mass is 9.85. The second-order valence-electron chi connectivity index (χ2n) is 6.79. The number of nitrogens with zero attached hydrogens (tertiary/aromatic N) is 1. The third-order valence-electron chi connectivity index (χ3n) is 5.29. The van der Waals surface area contributed by atoms with Crippen molar-refractivity contribution in [1.82, 2.24) is 0 Å². The molecule has 3 nitrogen and oxygen atoms in total. The Balaban J connectivity index is 1.76. The number of benzene rings is 1. The topological polar surface area (TPSA) is 37.4 Å². The second-order valence-corrected chi connectivity index (χ2v) is 6.79. The van der Waals surface area contributed by atoms with Gasteiger partial charge >= 0.3 is 0 Å². The van der Waals surface area contributed by atoms with Crippen molar-refractivity contribution in [3.8, 4) is 0 Å². The maximum absolute atomic E-state index is 12.9. The molecule has 2 fully saturated rings. The number of carbonyl (C=O) groups is 2. The summed E-state index contributed by atoms with van der Waals surface area (Å²) >= 11 is 0. The Hall–Kier alpha value is -2.16. The van der Waals surface area contributed by atoms with E-state index in [4.69, 9.17) is 0 Å². The molecule has 1 aliphatic heterocycles. The van der Waals surface area contributed by atoms with E-state index in [0.29, 0.717) is 5.69 Å². The molecule has 4 rings (SSSR count). The number of rotatable bonds is 1. The molecule has 1 saturated heterocycles. The molecular formula is C19H19NO2. The van der Waals surface area contributed by atoms with Crippen LogP contribution in [0.15, 0.2) is 47.6 Å². The standard InChI is InChI=1S/C19H19NO2/c1-10(2)15-13-8-9-14(15)17-16(13)18(21)20(19(17)22)12-6-4-11(3)5-7-12/h4-9,13-14,16-17H,1-3H3/t13-,14+,16+,17-. The zero-order chi connectivity index (χ0) is 15.6. The van der Waals surface area contributed by atoms with Crippen LogP contribution < -0.4 is 4.90 Å². The van der Waals surface area contributed by atoms with Crippen LogP contribution in [0.25, 0.3) is 0 Å². The lowest BCUT2D eigenvalue weighted by Gasteiger charge is -2.19. The first-order valence-corrected chi connectivity index (χ1v) is 7.81. The van der Waals surface area contributed by atoms with Crippen molar-refractivity contribution in [2.24, 2.45) is 23.7 Å². The van der Waals surface area contributed by atoms with Crippen LogP contribution in [-0.4, -0.2) is 11.8 Å². The first kappa shape index (κ1) is 13.5. The molecule has 0 unspecified atom stereocenters. The number of imide groups is 1. The van der Waals surface area contributed by atoms with Crippen LogP contribution in [0.5, 0.6) is 0 Å². The molecule has 1 aromatic rings. The van der Waals surface area contributed by atoms with E-state index in [9.17, 15) is 9.59 Å². The Bertz CT molecular complexity index is 703. The second kappa shape index (κ2) is 4.42. The maximum atomic E-state index is 12.9. The molecule has 0 aromatic heterocycles. The van der Waals surface area contributed by atoms with Crippen LogP contribution in [0.2, 0.25) is 0 Å². The fourth-order valence-corrected chi connectivity index (χ4v) is 4.38. The van der Waals surface area contributed by atoms with Gasteiger partial charge in [-0.1, -0.05) is 41.0 Å². The summed E-state index contributed by atoms with van der Waals surface area (Å²) in [4.78, 5) is 27.2. The van der Waals surface area contributed by atoms with Gasteiger partial charge in [-0.15, -0.1) is 0 Å². The summed E-state index contributed by atoms with van der Waals surface area (Å²) < 4.78 is 0. The van der Waals surface area contributed by atoms with Gasteiger partial charge in [0.15, 0.2) is 0 Å². The van der Waals surface area contributed by atoms with Crippen molar-refractivity contribution in [3.63, 3.8) is 0 Å². The predicted octanol–water partition coefficient (Wildman–Crippen LogP) is 3.25. The fraction of sp³-hybridized carbons (Fsp3) is 0.368. The van der Waals surface area contributed by atoms with Crippen LogP contribution in [0.3, 0.4) is 0 Å². The number of hydrogen-bond acceptors (Lipinski definition) is 2. The quantitative estimate of drug-likeness (QED) is 0.589. The maximum Gasteiger partial charge on any atom is 0.238 e. The zero-order valence-electron chi connectivity index (χ0n) is 13.0. The number of allylic oxidation sites excluding steroid dienone is 4. The highest BCUT2D eigenvalue weighted by atomic mass is 16.2. The molecule has 1 saturated carbocycles. The molecule has 0 spiro atoms. The van der Waals surface area contributed by atoms with Gasteiger partial charge in [-0.2, -0.15) is 0 Å². The lowest BCUT2D eigenvalue weighted by molar-refractivity contribution is -0.122. The molecule has 0 radical (unpaired) electrons. The van der Waals surface area contributed by atoms with Gasteiger partial charge in [0, 0.05) is 11.8 Å². The third kappa shape index (κ3) is 1.57. The van der Waals surface area contributed by atoms with E-state index in [1.807, 2.05) is 31.2 Å². The van der Waals surface area contributed by atoms with Gasteiger partial charge in [0.2, 0.25) is 11.8 Å². The van der Waals surface area contributed by atoms with E-state index in [1.54, 1.807) is 0 Å². The van der Waals surface area contributed by atoms with Gasteiger partial charge in [0.05, 0.1) is 17.5 Å². The molecule has 112 valence electrons. The lowest BCUT2D eigenvalue weighted by Crippen LogP contribution is -2.33. The van der Waals surface area contributed by atoms with Crippen LogP contribution in [0.1, 0.15) is 19.4 Å². The number of anilines is 1. The first-order valence-electron chi connectivity index (χ1n) is 7.81. The Kier molecular flexibility index (Phi) is 2.71. The number of aryl methyl sites for hydroxylation is 1. The van der Waals surface area contributed by atoms with Crippen LogP contribution in [0.4, 0.5) is 5.69 Å². The molecule has 0 N–H and O–H groups in total. The predicted molar refractivity (Wildman–Crippen MR) is 85.1 cm³/mol. The molecule has 3 heteroatoms. The average molecular weight is 293 g/mol. The summed E-state index contributed by atoms with van der Waals surface area (Å²) in [5.74, 6) is -0.231. The molecule has 22 heavy (non-hydrogen) atoms. The van der Waals surface area contributed by atoms with E-state index in [1.165, 1.54) is 16.0 Å². The van der Waals surface area contributed by atoms with Gasteiger partial charge in [0.25, 0.3) is 0 Å². The Morgan fingerprint density at radius 1 is 0.909 bits per heavy atom. The highest BCUT2D eigenvalue weighted by Gasteiger charge is 2.61. The average Bonchev–Trinajstić information content (AvgIpc) is 3.11. The summed E-state index contributed by atoms with van der Waals surface area (Å²) in [5.41, 5.74) is 4.36. The van der Waals surface area contributed by atoms with Crippen molar-refractivity contribution in [2.45, 2.75) is 20.8 Å². The number of fused-ring (bicyclic) bond motifs is 5. The van der Waals surface area contributed by atoms with Gasteiger partial charge in [0.1, 0.15) is 0 Å². The Morgan fingerprint density at radius 3 is 1.86 bits per heavy atom. The summed E-state index contributed by atoms with van der Waals surface area (Å²) in [6.45, 7) is 6.16. The van der Waals surface area contributed by atoms with Gasteiger partial charge in [-0.25, -0.2) is 4.90 Å². The van der Waals surface area contributed by atoms with Crippen molar-refractivity contribution in [2.75, 3.05) is 4.90 Å². The third-order valence-corrected chi connectivity index (χ3v) is 5.29. The monoisotopic (exact) mass is 293 g/mol. The minimum absolute atomic E-state index is 0.0329. The molecule has 3 aliphatic rings. The molecule has 1 heterocycles. The first-order chi connectivity index (χ1) is 10.5. The van der Waals surface area contributed by atoms with Gasteiger partial charge in [-0.3, -0.25) is 9.59 Å². The minimum atomic E-state index is -0.200. The van der Waals surface area contributed by atoms with Crippen molar-refractivity contribution >= 4 is 17.5 Å². The normalized spacial score (nSPS) is 32.1. The smallest absolute Gasteiger partial charge is 0.238 e. The molecule has 2 bridgehead atoms. The fourth-order valence-electron chi connectivity index (χ4n) is 4.38. The van der Waals surface area contributed by atoms with E-state index >= 15 is 0 Å². The number of amides is 2. The minimum Gasteiger partial charge on any atom is -0.274 e. The SMILES string of the molecule is CC(C)=C1[C@H]2C=C[C@@H]1[C@H]1C(=O)N(c3ccc(C)cc3)C(=O)[C@H]12. The zero-order valence-corrected chi connectivity index (χ0v) is 13.0. The molecular weight excluding hydrogens is 274 g/mol. The van der Waals surface area contributed by atoms with E-state index in [2.05, 4.69) is 26.0 Å². The van der Waals surface area contributed by atoms with Crippen molar-refractivity contribution < 1.29 is 9.59 Å². The van der Waals surface area contributed by atoms with E-state index < -0.39 is 0 Å². The van der Waals surface area contributed by atoms with E-state index in [-0.39, 0.29) is 35.5 Å². The molecule has 4 atom stereocenters. The summed E-state index contributed by atoms with van der Waals surface area (Å²) in [6.07, 6.45) is 4.25. The summed E-state index contributed by atoms with van der Waals surface area (Å²) in [7, 11) is 0. The Morgan fingerprint density at radius 2 is 1.41 bits per heavy atom. The van der Waals surface area contributed by atoms with Crippen LogP contribution in [0, 0.1) is 30.6 Å². The van der Waals surface area contributed by atoms with Gasteiger partial charge < -0.3 is 0 Å². The summed E-state index contributed by atoms with van der Waals surface area (Å²) in [5, 5.41) is 0. The van der Waals surface area contributed by atoms with Crippen LogP contribution >= 0.6 is 0 Å².